The van der Waals surface area contributed by atoms with E-state index in [9.17, 15) is 0 Å². The molecule has 0 aromatic rings. The van der Waals surface area contributed by atoms with E-state index in [1.54, 1.807) is 0 Å². The molecule has 0 atom stereocenters. The molecule has 0 radical (unpaired) electrons. The first-order valence-corrected chi connectivity index (χ1v) is 5.25. The Morgan fingerprint density at radius 2 is 1.50 bits per heavy atom. The van der Waals surface area contributed by atoms with E-state index < -0.39 is 0 Å². The van der Waals surface area contributed by atoms with Crippen LogP contribution in [0, 0.1) is 17.3 Å². The topological polar surface area (TPSA) is 3.24 Å². The third kappa shape index (κ3) is 1.39. The van der Waals surface area contributed by atoms with Gasteiger partial charge in [-0.3, -0.25) is 0 Å². The summed E-state index contributed by atoms with van der Waals surface area (Å²) >= 11 is 0. The van der Waals surface area contributed by atoms with Crippen LogP contribution in [0.15, 0.2) is 0 Å². The molecular formula is C11H23N. The summed E-state index contributed by atoms with van der Waals surface area (Å²) in [7, 11) is 0. The summed E-state index contributed by atoms with van der Waals surface area (Å²) in [5, 5.41) is 0. The van der Waals surface area contributed by atoms with Crippen LogP contribution in [0.5, 0.6) is 0 Å². The molecule has 72 valence electrons. The summed E-state index contributed by atoms with van der Waals surface area (Å²) in [6.45, 7) is 15.6. The molecule has 0 spiro atoms. The SMILES string of the molecule is CCN1CC(C(C)C)(C(C)C)C1. The zero-order valence-corrected chi connectivity index (χ0v) is 9.22. The molecule has 0 saturated carbocycles. The molecule has 1 saturated heterocycles. The zero-order valence-electron chi connectivity index (χ0n) is 9.22. The Labute approximate surface area is 77.1 Å². The Morgan fingerprint density at radius 3 is 1.75 bits per heavy atom. The molecule has 1 rings (SSSR count). The van der Waals surface area contributed by atoms with E-state index in [0.717, 1.165) is 11.8 Å². The first-order chi connectivity index (χ1) is 5.53. The van der Waals surface area contributed by atoms with Crippen LogP contribution in [0.4, 0.5) is 0 Å². The number of likely N-dealkylation sites (tertiary alicyclic amines) is 1. The van der Waals surface area contributed by atoms with Crippen molar-refractivity contribution in [3.63, 3.8) is 0 Å². The second kappa shape index (κ2) is 3.37. The maximum absolute atomic E-state index is 2.54. The smallest absolute Gasteiger partial charge is 0.00553 e. The van der Waals surface area contributed by atoms with E-state index in [0.29, 0.717) is 5.41 Å². The van der Waals surface area contributed by atoms with Gasteiger partial charge < -0.3 is 4.90 Å². The maximum atomic E-state index is 2.54. The van der Waals surface area contributed by atoms with Gasteiger partial charge in [-0.1, -0.05) is 34.6 Å². The highest BCUT2D eigenvalue weighted by atomic mass is 15.2. The van der Waals surface area contributed by atoms with Crippen LogP contribution < -0.4 is 0 Å². The minimum Gasteiger partial charge on any atom is -0.302 e. The Hall–Kier alpha value is -0.0400. The summed E-state index contributed by atoms with van der Waals surface area (Å²) < 4.78 is 0. The molecule has 1 aliphatic rings. The molecule has 1 fully saturated rings. The average molecular weight is 169 g/mol. The van der Waals surface area contributed by atoms with Gasteiger partial charge in [0, 0.05) is 18.5 Å². The van der Waals surface area contributed by atoms with E-state index in [-0.39, 0.29) is 0 Å². The molecule has 1 aliphatic heterocycles. The third-order valence-corrected chi connectivity index (χ3v) is 3.78. The van der Waals surface area contributed by atoms with E-state index in [1.165, 1.54) is 19.6 Å². The maximum Gasteiger partial charge on any atom is 0.00553 e. The van der Waals surface area contributed by atoms with Crippen LogP contribution in [0.3, 0.4) is 0 Å². The predicted octanol–water partition coefficient (Wildman–Crippen LogP) is 2.62. The third-order valence-electron chi connectivity index (χ3n) is 3.78. The van der Waals surface area contributed by atoms with Gasteiger partial charge in [-0.05, 0) is 18.4 Å². The molecule has 0 aromatic heterocycles. The summed E-state index contributed by atoms with van der Waals surface area (Å²) in [5.41, 5.74) is 0.621. The second-order valence-electron chi connectivity index (χ2n) is 4.85. The van der Waals surface area contributed by atoms with Gasteiger partial charge in [0.1, 0.15) is 0 Å². The van der Waals surface area contributed by atoms with Crippen molar-refractivity contribution in [1.82, 2.24) is 4.90 Å². The summed E-state index contributed by atoms with van der Waals surface area (Å²) in [6, 6.07) is 0. The van der Waals surface area contributed by atoms with Crippen LogP contribution in [0.25, 0.3) is 0 Å². The molecule has 0 aliphatic carbocycles. The van der Waals surface area contributed by atoms with E-state index in [1.807, 2.05) is 0 Å². The molecule has 0 aromatic carbocycles. The van der Waals surface area contributed by atoms with Gasteiger partial charge in [0.2, 0.25) is 0 Å². The van der Waals surface area contributed by atoms with Crippen molar-refractivity contribution in [3.8, 4) is 0 Å². The molecule has 0 amide bonds. The largest absolute Gasteiger partial charge is 0.302 e. The van der Waals surface area contributed by atoms with Crippen molar-refractivity contribution < 1.29 is 0 Å². The standard InChI is InChI=1S/C11H23N/c1-6-12-7-11(8-12,9(2)3)10(4)5/h9-10H,6-8H2,1-5H3. The van der Waals surface area contributed by atoms with Gasteiger partial charge in [0.05, 0.1) is 0 Å². The number of rotatable bonds is 3. The molecule has 1 heteroatoms. The fraction of sp³-hybridized carbons (Fsp3) is 1.00. The first kappa shape index (κ1) is 10.0. The van der Waals surface area contributed by atoms with Crippen LogP contribution >= 0.6 is 0 Å². The molecule has 12 heavy (non-hydrogen) atoms. The lowest BCUT2D eigenvalue weighted by Crippen LogP contribution is -2.61. The van der Waals surface area contributed by atoms with Crippen molar-refractivity contribution in [3.05, 3.63) is 0 Å². The minimum atomic E-state index is 0.621. The van der Waals surface area contributed by atoms with E-state index in [4.69, 9.17) is 0 Å². The normalized spacial score (nSPS) is 23.2. The highest BCUT2D eigenvalue weighted by Gasteiger charge is 2.46. The summed E-state index contributed by atoms with van der Waals surface area (Å²) in [6.07, 6.45) is 0. The average Bonchev–Trinajstić information content (AvgIpc) is 1.83. The first-order valence-electron chi connectivity index (χ1n) is 5.25. The quantitative estimate of drug-likeness (QED) is 0.628. The van der Waals surface area contributed by atoms with Gasteiger partial charge in [-0.2, -0.15) is 0 Å². The minimum absolute atomic E-state index is 0.621. The fourth-order valence-corrected chi connectivity index (χ4v) is 2.41. The molecule has 1 heterocycles. The molecule has 0 unspecified atom stereocenters. The lowest BCUT2D eigenvalue weighted by molar-refractivity contribution is -0.0685. The number of hydrogen-bond donors (Lipinski definition) is 0. The Kier molecular flexibility index (Phi) is 2.82. The van der Waals surface area contributed by atoms with Crippen LogP contribution in [0.1, 0.15) is 34.6 Å². The van der Waals surface area contributed by atoms with E-state index >= 15 is 0 Å². The highest BCUT2D eigenvalue weighted by Crippen LogP contribution is 2.43. The van der Waals surface area contributed by atoms with Crippen molar-refractivity contribution in [2.45, 2.75) is 34.6 Å². The van der Waals surface area contributed by atoms with Gasteiger partial charge in [0.15, 0.2) is 0 Å². The Balaban J connectivity index is 2.56. The Bertz CT molecular complexity index is 133. The molecule has 1 nitrogen and oxygen atoms in total. The van der Waals surface area contributed by atoms with Gasteiger partial charge in [0.25, 0.3) is 0 Å². The van der Waals surface area contributed by atoms with Gasteiger partial charge >= 0.3 is 0 Å². The monoisotopic (exact) mass is 169 g/mol. The van der Waals surface area contributed by atoms with Crippen LogP contribution in [-0.2, 0) is 0 Å². The number of nitrogens with zero attached hydrogens (tertiary/aromatic N) is 1. The van der Waals surface area contributed by atoms with Crippen molar-refractivity contribution >= 4 is 0 Å². The predicted molar refractivity (Wildman–Crippen MR) is 54.2 cm³/mol. The van der Waals surface area contributed by atoms with Gasteiger partial charge in [-0.25, -0.2) is 0 Å². The van der Waals surface area contributed by atoms with Crippen molar-refractivity contribution in [2.75, 3.05) is 19.6 Å². The molecule has 0 N–H and O–H groups in total. The summed E-state index contributed by atoms with van der Waals surface area (Å²) in [5.74, 6) is 1.67. The van der Waals surface area contributed by atoms with Crippen LogP contribution in [-0.4, -0.2) is 24.5 Å². The fourth-order valence-electron chi connectivity index (χ4n) is 2.41. The Morgan fingerprint density at radius 1 is 1.08 bits per heavy atom. The lowest BCUT2D eigenvalue weighted by atomic mass is 9.64. The molecular weight excluding hydrogens is 146 g/mol. The zero-order chi connectivity index (χ0) is 9.35. The van der Waals surface area contributed by atoms with Crippen molar-refractivity contribution in [1.29, 1.82) is 0 Å². The second-order valence-corrected chi connectivity index (χ2v) is 4.85. The number of hydrogen-bond acceptors (Lipinski definition) is 1. The summed E-state index contributed by atoms with van der Waals surface area (Å²) in [4.78, 5) is 2.54. The van der Waals surface area contributed by atoms with Crippen molar-refractivity contribution in [2.24, 2.45) is 17.3 Å². The van der Waals surface area contributed by atoms with E-state index in [2.05, 4.69) is 39.5 Å². The van der Waals surface area contributed by atoms with Crippen LogP contribution in [0.2, 0.25) is 0 Å². The van der Waals surface area contributed by atoms with Gasteiger partial charge in [-0.15, -0.1) is 0 Å². The molecule has 0 bridgehead atoms. The lowest BCUT2D eigenvalue weighted by Gasteiger charge is -2.55. The highest BCUT2D eigenvalue weighted by molar-refractivity contribution is 4.98.